The smallest absolute Gasteiger partial charge is 0.146 e. The maximum absolute atomic E-state index is 4.33. The third-order valence-electron chi connectivity index (χ3n) is 3.11. The predicted octanol–water partition coefficient (Wildman–Crippen LogP) is 1.67. The normalized spacial score (nSPS) is 25.1. The average molecular weight is 285 g/mol. The molecule has 1 N–H and O–H groups in total. The Morgan fingerprint density at radius 3 is 3.12 bits per heavy atom. The quantitative estimate of drug-likeness (QED) is 0.917. The van der Waals surface area contributed by atoms with E-state index in [1.807, 2.05) is 7.05 Å². The second-order valence-corrected chi connectivity index (χ2v) is 5.56. The van der Waals surface area contributed by atoms with Crippen molar-refractivity contribution in [2.75, 3.05) is 31.6 Å². The second kappa shape index (κ2) is 4.67. The first-order valence-electron chi connectivity index (χ1n) is 5.50. The van der Waals surface area contributed by atoms with Gasteiger partial charge in [0, 0.05) is 25.8 Å². The molecule has 0 aromatic carbocycles. The molecule has 1 fully saturated rings. The van der Waals surface area contributed by atoms with Crippen LogP contribution in [-0.2, 0) is 0 Å². The lowest BCUT2D eigenvalue weighted by Gasteiger charge is -2.24. The van der Waals surface area contributed by atoms with Gasteiger partial charge in [-0.2, -0.15) is 0 Å². The standard InChI is InChI=1S/C11H17BrN4/c1-11(6-13-2)3-4-16(7-11)10-9(12)5-14-8-15-10/h5,8,13H,3-4,6-7H2,1-2H3. The van der Waals surface area contributed by atoms with E-state index in [2.05, 4.69) is 43.0 Å². The summed E-state index contributed by atoms with van der Waals surface area (Å²) in [6.45, 7) is 5.47. The van der Waals surface area contributed by atoms with E-state index in [0.717, 1.165) is 29.9 Å². The highest BCUT2D eigenvalue weighted by molar-refractivity contribution is 9.10. The third-order valence-corrected chi connectivity index (χ3v) is 3.67. The van der Waals surface area contributed by atoms with E-state index in [9.17, 15) is 0 Å². The first-order chi connectivity index (χ1) is 7.64. The second-order valence-electron chi connectivity index (χ2n) is 4.71. The Hall–Kier alpha value is -0.680. The van der Waals surface area contributed by atoms with E-state index in [4.69, 9.17) is 0 Å². The van der Waals surface area contributed by atoms with Gasteiger partial charge < -0.3 is 10.2 Å². The SMILES string of the molecule is CNCC1(C)CCN(c2ncncc2Br)C1. The molecular formula is C11H17BrN4. The number of nitrogens with zero attached hydrogens (tertiary/aromatic N) is 3. The minimum absolute atomic E-state index is 0.346. The molecule has 1 aliphatic rings. The zero-order valence-electron chi connectivity index (χ0n) is 9.70. The molecule has 1 aliphatic heterocycles. The van der Waals surface area contributed by atoms with Gasteiger partial charge in [0.1, 0.15) is 12.1 Å². The highest BCUT2D eigenvalue weighted by Gasteiger charge is 2.34. The van der Waals surface area contributed by atoms with Crippen LogP contribution in [0.3, 0.4) is 0 Å². The van der Waals surface area contributed by atoms with Crippen molar-refractivity contribution >= 4 is 21.7 Å². The molecule has 0 radical (unpaired) electrons. The number of aromatic nitrogens is 2. The van der Waals surface area contributed by atoms with Gasteiger partial charge >= 0.3 is 0 Å². The predicted molar refractivity (Wildman–Crippen MR) is 68.6 cm³/mol. The maximum Gasteiger partial charge on any atom is 0.146 e. The van der Waals surface area contributed by atoms with Crippen LogP contribution in [0.2, 0.25) is 0 Å². The van der Waals surface area contributed by atoms with Gasteiger partial charge in [-0.3, -0.25) is 0 Å². The van der Waals surface area contributed by atoms with E-state index in [-0.39, 0.29) is 0 Å². The first-order valence-corrected chi connectivity index (χ1v) is 6.29. The molecule has 1 unspecified atom stereocenters. The largest absolute Gasteiger partial charge is 0.355 e. The summed E-state index contributed by atoms with van der Waals surface area (Å²) in [6.07, 6.45) is 4.61. The van der Waals surface area contributed by atoms with Crippen LogP contribution in [0.5, 0.6) is 0 Å². The molecule has 0 amide bonds. The summed E-state index contributed by atoms with van der Waals surface area (Å²) < 4.78 is 0.976. The van der Waals surface area contributed by atoms with E-state index < -0.39 is 0 Å². The Bertz CT molecular complexity index is 371. The third kappa shape index (κ3) is 2.35. The molecule has 1 atom stereocenters. The van der Waals surface area contributed by atoms with Gasteiger partial charge in [0.05, 0.1) is 4.47 Å². The Kier molecular flexibility index (Phi) is 3.44. The molecule has 1 aromatic heterocycles. The van der Waals surface area contributed by atoms with Crippen LogP contribution in [0, 0.1) is 5.41 Å². The Morgan fingerprint density at radius 2 is 2.44 bits per heavy atom. The van der Waals surface area contributed by atoms with E-state index in [1.54, 1.807) is 12.5 Å². The molecule has 2 rings (SSSR count). The molecule has 0 bridgehead atoms. The van der Waals surface area contributed by atoms with Crippen molar-refractivity contribution < 1.29 is 0 Å². The Labute approximate surface area is 105 Å². The average Bonchev–Trinajstić information content (AvgIpc) is 2.62. The van der Waals surface area contributed by atoms with Gasteiger partial charge in [-0.15, -0.1) is 0 Å². The fourth-order valence-corrected chi connectivity index (χ4v) is 2.79. The first kappa shape index (κ1) is 11.8. The van der Waals surface area contributed by atoms with Gasteiger partial charge in [-0.1, -0.05) is 6.92 Å². The van der Waals surface area contributed by atoms with Crippen molar-refractivity contribution in [2.24, 2.45) is 5.41 Å². The van der Waals surface area contributed by atoms with Crippen LogP contribution in [0.1, 0.15) is 13.3 Å². The van der Waals surface area contributed by atoms with Crippen LogP contribution in [0.15, 0.2) is 17.0 Å². The van der Waals surface area contributed by atoms with Gasteiger partial charge in [-0.05, 0) is 34.8 Å². The summed E-state index contributed by atoms with van der Waals surface area (Å²) in [5.74, 6) is 1.01. The molecule has 88 valence electrons. The molecular weight excluding hydrogens is 268 g/mol. The number of nitrogens with one attached hydrogen (secondary N) is 1. The lowest BCUT2D eigenvalue weighted by Crippen LogP contribution is -2.33. The number of anilines is 1. The monoisotopic (exact) mass is 284 g/mol. The Balaban J connectivity index is 2.12. The van der Waals surface area contributed by atoms with Crippen molar-refractivity contribution in [3.63, 3.8) is 0 Å². The summed E-state index contributed by atoms with van der Waals surface area (Å²) >= 11 is 3.50. The topological polar surface area (TPSA) is 41.0 Å². The summed E-state index contributed by atoms with van der Waals surface area (Å²) in [5.41, 5.74) is 0.346. The molecule has 1 saturated heterocycles. The van der Waals surface area contributed by atoms with Crippen molar-refractivity contribution in [3.8, 4) is 0 Å². The number of halogens is 1. The summed E-state index contributed by atoms with van der Waals surface area (Å²) in [5, 5.41) is 3.27. The lowest BCUT2D eigenvalue weighted by molar-refractivity contribution is 0.355. The van der Waals surface area contributed by atoms with Crippen LogP contribution in [0.4, 0.5) is 5.82 Å². The number of rotatable bonds is 3. The minimum atomic E-state index is 0.346. The van der Waals surface area contributed by atoms with Gasteiger partial charge in [0.15, 0.2) is 0 Å². The van der Waals surface area contributed by atoms with Gasteiger partial charge in [-0.25, -0.2) is 9.97 Å². The van der Waals surface area contributed by atoms with Crippen molar-refractivity contribution in [1.29, 1.82) is 0 Å². The molecule has 1 aromatic rings. The fraction of sp³-hybridized carbons (Fsp3) is 0.636. The fourth-order valence-electron chi connectivity index (χ4n) is 2.31. The van der Waals surface area contributed by atoms with E-state index in [1.165, 1.54) is 6.42 Å². The summed E-state index contributed by atoms with van der Waals surface area (Å²) in [4.78, 5) is 10.6. The minimum Gasteiger partial charge on any atom is -0.355 e. The van der Waals surface area contributed by atoms with E-state index in [0.29, 0.717) is 5.41 Å². The van der Waals surface area contributed by atoms with Crippen molar-refractivity contribution in [1.82, 2.24) is 15.3 Å². The zero-order chi connectivity index (χ0) is 11.6. The Morgan fingerprint density at radius 1 is 1.62 bits per heavy atom. The highest BCUT2D eigenvalue weighted by Crippen LogP contribution is 2.34. The van der Waals surface area contributed by atoms with E-state index >= 15 is 0 Å². The lowest BCUT2D eigenvalue weighted by atomic mass is 9.90. The summed E-state index contributed by atoms with van der Waals surface area (Å²) in [6, 6.07) is 0. The van der Waals surface area contributed by atoms with Crippen LogP contribution in [0.25, 0.3) is 0 Å². The number of hydrogen-bond donors (Lipinski definition) is 1. The van der Waals surface area contributed by atoms with Gasteiger partial charge in [0.25, 0.3) is 0 Å². The molecule has 5 heteroatoms. The summed E-state index contributed by atoms with van der Waals surface area (Å²) in [7, 11) is 2.01. The van der Waals surface area contributed by atoms with Crippen LogP contribution >= 0.6 is 15.9 Å². The molecule has 0 saturated carbocycles. The zero-order valence-corrected chi connectivity index (χ0v) is 11.3. The molecule has 4 nitrogen and oxygen atoms in total. The number of hydrogen-bond acceptors (Lipinski definition) is 4. The van der Waals surface area contributed by atoms with Crippen LogP contribution < -0.4 is 10.2 Å². The molecule has 0 aliphatic carbocycles. The van der Waals surface area contributed by atoms with Crippen molar-refractivity contribution in [2.45, 2.75) is 13.3 Å². The van der Waals surface area contributed by atoms with Crippen LogP contribution in [-0.4, -0.2) is 36.6 Å². The maximum atomic E-state index is 4.33. The molecule has 2 heterocycles. The molecule has 0 spiro atoms. The molecule has 16 heavy (non-hydrogen) atoms. The van der Waals surface area contributed by atoms with Gasteiger partial charge in [0.2, 0.25) is 0 Å². The highest BCUT2D eigenvalue weighted by atomic mass is 79.9. The van der Waals surface area contributed by atoms with Crippen molar-refractivity contribution in [3.05, 3.63) is 17.0 Å².